The monoisotopic (exact) mass is 241 g/mol. The lowest BCUT2D eigenvalue weighted by Gasteiger charge is -2.44. The first-order valence-electron chi connectivity index (χ1n) is 6.99. The molecule has 2 unspecified atom stereocenters. The number of hydrogen-bond acceptors (Lipinski definition) is 3. The first kappa shape index (κ1) is 13.3. The van der Waals surface area contributed by atoms with Gasteiger partial charge >= 0.3 is 0 Å². The molecule has 2 rings (SSSR count). The maximum atomic E-state index is 10.8. The van der Waals surface area contributed by atoms with Crippen molar-refractivity contribution in [1.82, 2.24) is 4.90 Å². The Morgan fingerprint density at radius 2 is 1.82 bits per heavy atom. The zero-order chi connectivity index (χ0) is 12.7. The van der Waals surface area contributed by atoms with Gasteiger partial charge in [0.15, 0.2) is 0 Å². The molecule has 0 aromatic carbocycles. The summed E-state index contributed by atoms with van der Waals surface area (Å²) in [6.07, 6.45) is 2.64. The summed E-state index contributed by atoms with van der Waals surface area (Å²) in [5.74, 6) is 1.17. The van der Waals surface area contributed by atoms with Gasteiger partial charge in [-0.05, 0) is 31.1 Å². The Bertz CT molecular complexity index is 267. The molecular formula is C14H27NO2. The normalized spacial score (nSPS) is 37.4. The fourth-order valence-electron chi connectivity index (χ4n) is 3.62. The summed E-state index contributed by atoms with van der Waals surface area (Å²) in [6, 6.07) is 0. The van der Waals surface area contributed by atoms with Gasteiger partial charge < -0.3 is 15.1 Å². The molecule has 100 valence electrons. The Balaban J connectivity index is 1.94. The lowest BCUT2D eigenvalue weighted by atomic mass is 9.75. The topological polar surface area (TPSA) is 43.7 Å². The average molecular weight is 241 g/mol. The zero-order valence-corrected chi connectivity index (χ0v) is 11.4. The Morgan fingerprint density at radius 1 is 1.29 bits per heavy atom. The molecule has 2 atom stereocenters. The van der Waals surface area contributed by atoms with E-state index < -0.39 is 5.60 Å². The van der Waals surface area contributed by atoms with Crippen molar-refractivity contribution < 1.29 is 10.2 Å². The highest BCUT2D eigenvalue weighted by atomic mass is 16.3. The second kappa shape index (κ2) is 4.52. The Kier molecular flexibility index (Phi) is 3.54. The van der Waals surface area contributed by atoms with E-state index in [1.165, 1.54) is 0 Å². The van der Waals surface area contributed by atoms with Gasteiger partial charge in [0.1, 0.15) is 0 Å². The minimum Gasteiger partial charge on any atom is -0.396 e. The SMILES string of the molecule is CC(C)CN1CCC(O)(C2(CO)CC2C)CC1. The van der Waals surface area contributed by atoms with Crippen molar-refractivity contribution in [3.05, 3.63) is 0 Å². The number of aliphatic hydroxyl groups excluding tert-OH is 1. The fourth-order valence-corrected chi connectivity index (χ4v) is 3.62. The van der Waals surface area contributed by atoms with Crippen molar-refractivity contribution in [2.75, 3.05) is 26.2 Å². The molecular weight excluding hydrogens is 214 g/mol. The van der Waals surface area contributed by atoms with Crippen LogP contribution in [-0.4, -0.2) is 47.0 Å². The van der Waals surface area contributed by atoms with Gasteiger partial charge in [0.25, 0.3) is 0 Å². The minimum atomic E-state index is -0.616. The predicted octanol–water partition coefficient (Wildman–Crippen LogP) is 1.49. The van der Waals surface area contributed by atoms with Crippen LogP contribution in [0.4, 0.5) is 0 Å². The number of nitrogens with zero attached hydrogens (tertiary/aromatic N) is 1. The largest absolute Gasteiger partial charge is 0.396 e. The molecule has 3 nitrogen and oxygen atoms in total. The number of likely N-dealkylation sites (tertiary alicyclic amines) is 1. The second-order valence-corrected chi connectivity index (χ2v) is 6.65. The maximum Gasteiger partial charge on any atom is 0.0752 e. The molecule has 0 aromatic heterocycles. The minimum absolute atomic E-state index is 0.148. The van der Waals surface area contributed by atoms with Gasteiger partial charge in [0.05, 0.1) is 12.2 Å². The highest BCUT2D eigenvalue weighted by Crippen LogP contribution is 2.61. The highest BCUT2D eigenvalue weighted by molar-refractivity contribution is 5.13. The lowest BCUT2D eigenvalue weighted by Crippen LogP contribution is -2.52. The molecule has 1 heterocycles. The number of piperidine rings is 1. The van der Waals surface area contributed by atoms with Crippen LogP contribution in [0.3, 0.4) is 0 Å². The molecule has 1 saturated carbocycles. The van der Waals surface area contributed by atoms with Gasteiger partial charge in [-0.2, -0.15) is 0 Å². The van der Waals surface area contributed by atoms with E-state index in [0.29, 0.717) is 11.8 Å². The first-order chi connectivity index (χ1) is 7.93. The third-order valence-electron chi connectivity index (χ3n) is 4.97. The molecule has 2 N–H and O–H groups in total. The van der Waals surface area contributed by atoms with Crippen molar-refractivity contribution in [1.29, 1.82) is 0 Å². The third-order valence-corrected chi connectivity index (χ3v) is 4.97. The van der Waals surface area contributed by atoms with Crippen molar-refractivity contribution in [3.8, 4) is 0 Å². The van der Waals surface area contributed by atoms with Gasteiger partial charge in [0.2, 0.25) is 0 Å². The molecule has 17 heavy (non-hydrogen) atoms. The van der Waals surface area contributed by atoms with Crippen molar-refractivity contribution >= 4 is 0 Å². The summed E-state index contributed by atoms with van der Waals surface area (Å²) in [7, 11) is 0. The molecule has 2 aliphatic rings. The highest BCUT2D eigenvalue weighted by Gasteiger charge is 2.63. The molecule has 3 heteroatoms. The molecule has 0 spiro atoms. The summed E-state index contributed by atoms with van der Waals surface area (Å²) in [5.41, 5.74) is -0.800. The molecule has 1 saturated heterocycles. The maximum absolute atomic E-state index is 10.8. The van der Waals surface area contributed by atoms with Gasteiger partial charge in [0, 0.05) is 25.0 Å². The van der Waals surface area contributed by atoms with Gasteiger partial charge in [-0.1, -0.05) is 20.8 Å². The van der Waals surface area contributed by atoms with Gasteiger partial charge in [-0.25, -0.2) is 0 Å². The fraction of sp³-hybridized carbons (Fsp3) is 1.00. The van der Waals surface area contributed by atoms with E-state index in [9.17, 15) is 10.2 Å². The lowest BCUT2D eigenvalue weighted by molar-refractivity contribution is -0.101. The summed E-state index contributed by atoms with van der Waals surface area (Å²) >= 11 is 0. The van der Waals surface area contributed by atoms with E-state index in [2.05, 4.69) is 25.7 Å². The van der Waals surface area contributed by atoms with Crippen LogP contribution in [0.1, 0.15) is 40.0 Å². The molecule has 0 aromatic rings. The van der Waals surface area contributed by atoms with Crippen molar-refractivity contribution in [3.63, 3.8) is 0 Å². The number of rotatable bonds is 4. The van der Waals surface area contributed by atoms with E-state index >= 15 is 0 Å². The first-order valence-corrected chi connectivity index (χ1v) is 6.99. The molecule has 0 radical (unpaired) electrons. The summed E-state index contributed by atoms with van der Waals surface area (Å²) in [6.45, 7) is 9.84. The average Bonchev–Trinajstić information content (AvgIpc) is 2.94. The molecule has 0 bridgehead atoms. The Hall–Kier alpha value is -0.120. The second-order valence-electron chi connectivity index (χ2n) is 6.65. The van der Waals surface area contributed by atoms with Crippen LogP contribution in [0, 0.1) is 17.3 Å². The van der Waals surface area contributed by atoms with Crippen LogP contribution in [0.25, 0.3) is 0 Å². The predicted molar refractivity (Wildman–Crippen MR) is 68.8 cm³/mol. The summed E-state index contributed by atoms with van der Waals surface area (Å²) in [4.78, 5) is 2.44. The van der Waals surface area contributed by atoms with E-state index in [1.807, 2.05) is 0 Å². The van der Waals surface area contributed by atoms with Crippen molar-refractivity contribution in [2.45, 2.75) is 45.6 Å². The van der Waals surface area contributed by atoms with Crippen LogP contribution in [0.15, 0.2) is 0 Å². The number of hydrogen-bond donors (Lipinski definition) is 2. The van der Waals surface area contributed by atoms with E-state index in [-0.39, 0.29) is 12.0 Å². The molecule has 1 aliphatic heterocycles. The van der Waals surface area contributed by atoms with Crippen LogP contribution in [0.2, 0.25) is 0 Å². The van der Waals surface area contributed by atoms with Crippen LogP contribution in [-0.2, 0) is 0 Å². The molecule has 1 aliphatic carbocycles. The van der Waals surface area contributed by atoms with E-state index in [1.54, 1.807) is 0 Å². The van der Waals surface area contributed by atoms with Gasteiger partial charge in [-0.15, -0.1) is 0 Å². The van der Waals surface area contributed by atoms with Gasteiger partial charge in [-0.3, -0.25) is 0 Å². The zero-order valence-electron chi connectivity index (χ0n) is 11.4. The smallest absolute Gasteiger partial charge is 0.0752 e. The Labute approximate surface area is 105 Å². The van der Waals surface area contributed by atoms with Crippen LogP contribution < -0.4 is 0 Å². The van der Waals surface area contributed by atoms with Crippen LogP contribution >= 0.6 is 0 Å². The molecule has 2 fully saturated rings. The summed E-state index contributed by atoms with van der Waals surface area (Å²) in [5, 5.41) is 20.4. The van der Waals surface area contributed by atoms with Crippen LogP contribution in [0.5, 0.6) is 0 Å². The standard InChI is InChI=1S/C14H27NO2/c1-11(2)9-15-6-4-14(17,5-7-15)13(10-16)8-12(13)3/h11-12,16-17H,4-10H2,1-3H3. The number of aliphatic hydroxyl groups is 2. The molecule has 0 amide bonds. The van der Waals surface area contributed by atoms with E-state index in [0.717, 1.165) is 38.9 Å². The van der Waals surface area contributed by atoms with Crippen molar-refractivity contribution in [2.24, 2.45) is 17.3 Å². The summed E-state index contributed by atoms with van der Waals surface area (Å²) < 4.78 is 0. The quantitative estimate of drug-likeness (QED) is 0.783. The Morgan fingerprint density at radius 3 is 2.18 bits per heavy atom. The van der Waals surface area contributed by atoms with E-state index in [4.69, 9.17) is 0 Å². The third kappa shape index (κ3) is 2.25.